The minimum absolute atomic E-state index is 0.164. The second-order valence-corrected chi connectivity index (χ2v) is 7.62. The fourth-order valence-electron chi connectivity index (χ4n) is 3.53. The summed E-state index contributed by atoms with van der Waals surface area (Å²) >= 11 is 0. The van der Waals surface area contributed by atoms with Crippen LogP contribution < -0.4 is 26.7 Å². The molecule has 1 saturated heterocycles. The van der Waals surface area contributed by atoms with Crippen LogP contribution in [0.2, 0.25) is 0 Å². The molecule has 1 saturated carbocycles. The minimum Gasteiger partial charge on any atom is -0.335 e. The highest BCUT2D eigenvalue weighted by Crippen LogP contribution is 2.29. The number of urea groups is 1. The van der Waals surface area contributed by atoms with Gasteiger partial charge in [-0.3, -0.25) is 10.6 Å². The standard InChI is InChI=1S/C16H33N5O2/c1-9(2)13-8-14(21-23)19-15(18-13)20-16(22)17-12-6-5-10(3)11(4)7-12/h9-15,18-19,21,23H,5-8H2,1-4H3,(H2,17,20,22). The van der Waals surface area contributed by atoms with Gasteiger partial charge in [-0.1, -0.05) is 27.7 Å². The minimum atomic E-state index is -0.360. The summed E-state index contributed by atoms with van der Waals surface area (Å²) in [6.07, 6.45) is 3.41. The average Bonchev–Trinajstić information content (AvgIpc) is 2.50. The molecule has 0 aromatic heterocycles. The van der Waals surface area contributed by atoms with Crippen LogP contribution in [0, 0.1) is 17.8 Å². The number of carbonyl (C=O) groups is 1. The van der Waals surface area contributed by atoms with Gasteiger partial charge in [0.15, 0.2) is 0 Å². The lowest BCUT2D eigenvalue weighted by Gasteiger charge is -2.39. The molecule has 134 valence electrons. The lowest BCUT2D eigenvalue weighted by molar-refractivity contribution is 0.0565. The Balaban J connectivity index is 1.81. The number of carbonyl (C=O) groups excluding carboxylic acids is 1. The molecule has 0 bridgehead atoms. The van der Waals surface area contributed by atoms with Crippen molar-refractivity contribution in [3.8, 4) is 0 Å². The summed E-state index contributed by atoms with van der Waals surface area (Å²) in [6, 6.07) is 0.307. The average molecular weight is 327 g/mol. The van der Waals surface area contributed by atoms with E-state index in [-0.39, 0.29) is 30.6 Å². The van der Waals surface area contributed by atoms with Crippen molar-refractivity contribution in [2.45, 2.75) is 77.9 Å². The van der Waals surface area contributed by atoms with E-state index in [1.165, 1.54) is 0 Å². The zero-order valence-electron chi connectivity index (χ0n) is 14.7. The van der Waals surface area contributed by atoms with Gasteiger partial charge in [-0.15, -0.1) is 0 Å². The molecule has 7 heteroatoms. The third kappa shape index (κ3) is 5.31. The van der Waals surface area contributed by atoms with Gasteiger partial charge in [0.05, 0.1) is 6.17 Å². The summed E-state index contributed by atoms with van der Waals surface area (Å²) in [5.74, 6) is 1.80. The summed E-state index contributed by atoms with van der Waals surface area (Å²) in [4.78, 5) is 12.3. The third-order valence-electron chi connectivity index (χ3n) is 5.41. The number of nitrogens with one attached hydrogen (secondary N) is 5. The van der Waals surface area contributed by atoms with Gasteiger partial charge in [0.1, 0.15) is 6.29 Å². The lowest BCUT2D eigenvalue weighted by atomic mass is 9.79. The van der Waals surface area contributed by atoms with Gasteiger partial charge < -0.3 is 15.8 Å². The SMILES string of the molecule is CC(C)C1CC(NO)NC(NC(=O)NC2CCC(C)C(C)C2)N1. The highest BCUT2D eigenvalue weighted by atomic mass is 16.5. The Hall–Kier alpha value is -0.890. The van der Waals surface area contributed by atoms with Gasteiger partial charge in [-0.25, -0.2) is 4.79 Å². The Kier molecular flexibility index (Phi) is 6.64. The first kappa shape index (κ1) is 18.4. The maximum absolute atomic E-state index is 12.3. The number of hydrogen-bond donors (Lipinski definition) is 6. The lowest BCUT2D eigenvalue weighted by Crippen LogP contribution is -2.69. The highest BCUT2D eigenvalue weighted by Gasteiger charge is 2.31. The van der Waals surface area contributed by atoms with Crippen LogP contribution in [0.5, 0.6) is 0 Å². The van der Waals surface area contributed by atoms with Crippen molar-refractivity contribution in [1.82, 2.24) is 26.7 Å². The third-order valence-corrected chi connectivity index (χ3v) is 5.41. The summed E-state index contributed by atoms with van der Waals surface area (Å²) in [5, 5.41) is 21.7. The van der Waals surface area contributed by atoms with Crippen LogP contribution in [0.4, 0.5) is 4.79 Å². The van der Waals surface area contributed by atoms with Crippen LogP contribution >= 0.6 is 0 Å². The quantitative estimate of drug-likeness (QED) is 0.438. The molecule has 6 N–H and O–H groups in total. The smallest absolute Gasteiger partial charge is 0.317 e. The monoisotopic (exact) mass is 327 g/mol. The van der Waals surface area contributed by atoms with E-state index < -0.39 is 0 Å². The van der Waals surface area contributed by atoms with E-state index in [2.05, 4.69) is 54.4 Å². The Morgan fingerprint density at radius 2 is 1.83 bits per heavy atom. The topological polar surface area (TPSA) is 97.5 Å². The van der Waals surface area contributed by atoms with Crippen LogP contribution in [0.25, 0.3) is 0 Å². The van der Waals surface area contributed by atoms with E-state index in [1.54, 1.807) is 0 Å². The zero-order valence-corrected chi connectivity index (χ0v) is 14.7. The Morgan fingerprint density at radius 3 is 2.43 bits per heavy atom. The molecule has 7 nitrogen and oxygen atoms in total. The molecule has 0 spiro atoms. The van der Waals surface area contributed by atoms with Gasteiger partial charge in [-0.2, -0.15) is 5.48 Å². The second kappa shape index (κ2) is 8.28. The van der Waals surface area contributed by atoms with Crippen LogP contribution in [0.3, 0.4) is 0 Å². The molecule has 2 aliphatic rings. The van der Waals surface area contributed by atoms with E-state index in [9.17, 15) is 10.0 Å². The molecule has 2 fully saturated rings. The largest absolute Gasteiger partial charge is 0.335 e. The molecule has 1 aliphatic carbocycles. The van der Waals surface area contributed by atoms with Crippen LogP contribution in [-0.2, 0) is 0 Å². The van der Waals surface area contributed by atoms with Crippen molar-refractivity contribution in [3.05, 3.63) is 0 Å². The van der Waals surface area contributed by atoms with Crippen molar-refractivity contribution in [2.24, 2.45) is 17.8 Å². The van der Waals surface area contributed by atoms with Crippen LogP contribution in [0.15, 0.2) is 0 Å². The van der Waals surface area contributed by atoms with Crippen molar-refractivity contribution >= 4 is 6.03 Å². The van der Waals surface area contributed by atoms with Crippen molar-refractivity contribution < 1.29 is 10.0 Å². The predicted molar refractivity (Wildman–Crippen MR) is 89.6 cm³/mol. The van der Waals surface area contributed by atoms with Gasteiger partial charge >= 0.3 is 6.03 Å². The molecule has 2 amide bonds. The van der Waals surface area contributed by atoms with Crippen LogP contribution in [-0.4, -0.2) is 35.8 Å². The molecule has 2 rings (SSSR count). The highest BCUT2D eigenvalue weighted by molar-refractivity contribution is 5.74. The zero-order chi connectivity index (χ0) is 17.0. The predicted octanol–water partition coefficient (Wildman–Crippen LogP) is 1.31. The van der Waals surface area contributed by atoms with E-state index in [0.717, 1.165) is 31.6 Å². The van der Waals surface area contributed by atoms with Crippen molar-refractivity contribution in [1.29, 1.82) is 0 Å². The molecule has 0 radical (unpaired) electrons. The molecular formula is C16H33N5O2. The van der Waals surface area contributed by atoms with Crippen molar-refractivity contribution in [2.75, 3.05) is 0 Å². The van der Waals surface area contributed by atoms with E-state index in [4.69, 9.17) is 0 Å². The number of rotatable bonds is 4. The molecule has 1 heterocycles. The summed E-state index contributed by atoms with van der Waals surface area (Å²) in [7, 11) is 0. The fourth-order valence-corrected chi connectivity index (χ4v) is 3.53. The normalized spacial score (nSPS) is 38.3. The molecule has 6 unspecified atom stereocenters. The summed E-state index contributed by atoms with van der Waals surface area (Å²) in [6.45, 7) is 8.79. The number of hydroxylamine groups is 1. The summed E-state index contributed by atoms with van der Waals surface area (Å²) < 4.78 is 0. The fraction of sp³-hybridized carbons (Fsp3) is 0.938. The Bertz CT molecular complexity index is 393. The molecule has 23 heavy (non-hydrogen) atoms. The van der Waals surface area contributed by atoms with Crippen molar-refractivity contribution in [3.63, 3.8) is 0 Å². The summed E-state index contributed by atoms with van der Waals surface area (Å²) in [5.41, 5.74) is 2.26. The van der Waals surface area contributed by atoms with Crippen LogP contribution in [0.1, 0.15) is 53.4 Å². The maximum atomic E-state index is 12.3. The van der Waals surface area contributed by atoms with Gasteiger partial charge in [0.2, 0.25) is 0 Å². The molecule has 0 aromatic carbocycles. The van der Waals surface area contributed by atoms with Gasteiger partial charge in [0.25, 0.3) is 0 Å². The molecule has 1 aliphatic heterocycles. The molecule has 6 atom stereocenters. The molecular weight excluding hydrogens is 294 g/mol. The Labute approximate surface area is 139 Å². The van der Waals surface area contributed by atoms with Gasteiger partial charge in [-0.05, 0) is 43.4 Å². The van der Waals surface area contributed by atoms with E-state index in [0.29, 0.717) is 11.8 Å². The Morgan fingerprint density at radius 1 is 1.09 bits per heavy atom. The van der Waals surface area contributed by atoms with E-state index in [1.807, 2.05) is 0 Å². The number of hydrogen-bond acceptors (Lipinski definition) is 5. The van der Waals surface area contributed by atoms with E-state index >= 15 is 0 Å². The molecule has 0 aromatic rings. The number of amides is 2. The first-order chi connectivity index (χ1) is 10.9. The van der Waals surface area contributed by atoms with Gasteiger partial charge in [0, 0.05) is 12.1 Å². The first-order valence-electron chi connectivity index (χ1n) is 8.87. The maximum Gasteiger partial charge on any atom is 0.317 e. The second-order valence-electron chi connectivity index (χ2n) is 7.62. The first-order valence-corrected chi connectivity index (χ1v) is 8.87.